The van der Waals surface area contributed by atoms with Crippen molar-refractivity contribution in [3.05, 3.63) is 30.1 Å². The van der Waals surface area contributed by atoms with E-state index >= 15 is 0 Å². The van der Waals surface area contributed by atoms with E-state index in [1.165, 1.54) is 0 Å². The molecule has 0 spiro atoms. The van der Waals surface area contributed by atoms with E-state index in [4.69, 9.17) is 0 Å². The number of aromatic nitrogens is 2. The number of hydrogen-bond donors (Lipinski definition) is 2. The van der Waals surface area contributed by atoms with Crippen molar-refractivity contribution in [1.29, 1.82) is 0 Å². The molecule has 1 heterocycles. The number of carbonyl (C=O) groups is 1. The second-order valence-corrected chi connectivity index (χ2v) is 3.71. The van der Waals surface area contributed by atoms with Crippen LogP contribution in [0.3, 0.4) is 0 Å². The third-order valence-electron chi connectivity index (χ3n) is 2.42. The molecule has 2 N–H and O–H groups in total. The van der Waals surface area contributed by atoms with Crippen molar-refractivity contribution in [1.82, 2.24) is 15.3 Å². The number of amides is 1. The smallest absolute Gasteiger partial charge is 0.287 e. The van der Waals surface area contributed by atoms with Gasteiger partial charge < -0.3 is 10.3 Å². The molecular weight excluding hydrogens is 202 g/mol. The van der Waals surface area contributed by atoms with Gasteiger partial charge in [0.2, 0.25) is 0 Å². The lowest BCUT2D eigenvalue weighted by atomic mass is 10.3. The van der Waals surface area contributed by atoms with Gasteiger partial charge in [0.15, 0.2) is 5.82 Å². The van der Waals surface area contributed by atoms with E-state index < -0.39 is 0 Å². The van der Waals surface area contributed by atoms with Crippen LogP contribution in [0, 0.1) is 0 Å². The predicted octanol–water partition coefficient (Wildman–Crippen LogP) is 2.09. The van der Waals surface area contributed by atoms with Gasteiger partial charge in [0, 0.05) is 6.54 Å². The van der Waals surface area contributed by atoms with Crippen molar-refractivity contribution >= 4 is 16.9 Å². The highest BCUT2D eigenvalue weighted by Crippen LogP contribution is 2.09. The molecule has 0 aliphatic carbocycles. The monoisotopic (exact) mass is 217 g/mol. The van der Waals surface area contributed by atoms with Crippen LogP contribution in [-0.4, -0.2) is 22.4 Å². The fourth-order valence-corrected chi connectivity index (χ4v) is 1.52. The lowest BCUT2D eigenvalue weighted by molar-refractivity contribution is 0.0944. The molecule has 2 rings (SSSR count). The Kier molecular flexibility index (Phi) is 3.19. The zero-order valence-electron chi connectivity index (χ0n) is 9.29. The molecule has 0 atom stereocenters. The predicted molar refractivity (Wildman–Crippen MR) is 63.3 cm³/mol. The molecule has 0 aliphatic heterocycles. The summed E-state index contributed by atoms with van der Waals surface area (Å²) in [7, 11) is 0. The summed E-state index contributed by atoms with van der Waals surface area (Å²) in [6.45, 7) is 2.79. The van der Waals surface area contributed by atoms with Crippen LogP contribution >= 0.6 is 0 Å². The molecule has 2 aromatic rings. The van der Waals surface area contributed by atoms with E-state index in [1.54, 1.807) is 0 Å². The lowest BCUT2D eigenvalue weighted by Gasteiger charge is -2.00. The summed E-state index contributed by atoms with van der Waals surface area (Å²) < 4.78 is 0. The number of imidazole rings is 1. The quantitative estimate of drug-likeness (QED) is 0.770. The van der Waals surface area contributed by atoms with Gasteiger partial charge in [-0.3, -0.25) is 4.79 Å². The van der Waals surface area contributed by atoms with Crippen LogP contribution in [0.25, 0.3) is 11.0 Å². The largest absolute Gasteiger partial charge is 0.349 e. The number of para-hydroxylation sites is 2. The molecule has 0 saturated carbocycles. The number of fused-ring (bicyclic) bond motifs is 1. The van der Waals surface area contributed by atoms with Crippen LogP contribution in [0.5, 0.6) is 0 Å². The fourth-order valence-electron chi connectivity index (χ4n) is 1.52. The first-order valence-corrected chi connectivity index (χ1v) is 5.54. The summed E-state index contributed by atoms with van der Waals surface area (Å²) in [5, 5.41) is 2.83. The molecule has 0 fully saturated rings. The maximum atomic E-state index is 11.7. The summed E-state index contributed by atoms with van der Waals surface area (Å²) in [6, 6.07) is 7.61. The highest BCUT2D eigenvalue weighted by Gasteiger charge is 2.09. The summed E-state index contributed by atoms with van der Waals surface area (Å²) in [4.78, 5) is 18.9. The van der Waals surface area contributed by atoms with Crippen molar-refractivity contribution in [2.75, 3.05) is 6.54 Å². The summed E-state index contributed by atoms with van der Waals surface area (Å²) in [6.07, 6.45) is 2.06. The Labute approximate surface area is 94.1 Å². The molecular formula is C12H15N3O. The van der Waals surface area contributed by atoms with Crippen molar-refractivity contribution in [3.63, 3.8) is 0 Å². The normalized spacial score (nSPS) is 10.6. The zero-order chi connectivity index (χ0) is 11.4. The number of aromatic amines is 1. The fraction of sp³-hybridized carbons (Fsp3) is 0.333. The number of hydrogen-bond acceptors (Lipinski definition) is 2. The molecule has 1 aromatic heterocycles. The second-order valence-electron chi connectivity index (χ2n) is 3.71. The lowest BCUT2D eigenvalue weighted by Crippen LogP contribution is -2.25. The first-order chi connectivity index (χ1) is 7.81. The third-order valence-corrected chi connectivity index (χ3v) is 2.42. The van der Waals surface area contributed by atoms with Crippen LogP contribution < -0.4 is 5.32 Å². The highest BCUT2D eigenvalue weighted by molar-refractivity contribution is 5.94. The van der Waals surface area contributed by atoms with Crippen molar-refractivity contribution < 1.29 is 4.79 Å². The topological polar surface area (TPSA) is 57.8 Å². The SMILES string of the molecule is CCCCNC(=O)c1nc2ccccc2[nH]1. The minimum atomic E-state index is -0.135. The molecule has 0 unspecified atom stereocenters. The van der Waals surface area contributed by atoms with Gasteiger partial charge in [-0.05, 0) is 18.6 Å². The Morgan fingerprint density at radius 3 is 3.00 bits per heavy atom. The maximum Gasteiger partial charge on any atom is 0.287 e. The molecule has 0 bridgehead atoms. The van der Waals surface area contributed by atoms with E-state index in [-0.39, 0.29) is 5.91 Å². The summed E-state index contributed by atoms with van der Waals surface area (Å²) in [5.41, 5.74) is 1.71. The van der Waals surface area contributed by atoms with Crippen molar-refractivity contribution in [3.8, 4) is 0 Å². The van der Waals surface area contributed by atoms with E-state index in [2.05, 4.69) is 22.2 Å². The standard InChI is InChI=1S/C12H15N3O/c1-2-3-8-13-12(16)11-14-9-6-4-5-7-10(9)15-11/h4-7H,2-3,8H2,1H3,(H,13,16)(H,14,15). The zero-order valence-corrected chi connectivity index (χ0v) is 9.29. The van der Waals surface area contributed by atoms with Crippen LogP contribution in [0.4, 0.5) is 0 Å². The minimum Gasteiger partial charge on any atom is -0.349 e. The van der Waals surface area contributed by atoms with Gasteiger partial charge in [0.25, 0.3) is 5.91 Å². The van der Waals surface area contributed by atoms with Crippen molar-refractivity contribution in [2.24, 2.45) is 0 Å². The van der Waals surface area contributed by atoms with Crippen LogP contribution in [0.15, 0.2) is 24.3 Å². The van der Waals surface area contributed by atoms with Gasteiger partial charge in [-0.2, -0.15) is 0 Å². The van der Waals surface area contributed by atoms with Gasteiger partial charge in [-0.1, -0.05) is 25.5 Å². The first-order valence-electron chi connectivity index (χ1n) is 5.54. The van der Waals surface area contributed by atoms with Crippen LogP contribution in [-0.2, 0) is 0 Å². The van der Waals surface area contributed by atoms with Gasteiger partial charge in [-0.15, -0.1) is 0 Å². The minimum absolute atomic E-state index is 0.135. The number of unbranched alkanes of at least 4 members (excludes halogenated alkanes) is 1. The molecule has 0 radical (unpaired) electrons. The number of nitrogens with one attached hydrogen (secondary N) is 2. The number of rotatable bonds is 4. The van der Waals surface area contributed by atoms with Gasteiger partial charge in [-0.25, -0.2) is 4.98 Å². The Bertz CT molecular complexity index is 457. The summed E-state index contributed by atoms with van der Waals surface area (Å²) >= 11 is 0. The van der Waals surface area contributed by atoms with Gasteiger partial charge in [0.05, 0.1) is 11.0 Å². The molecule has 84 valence electrons. The van der Waals surface area contributed by atoms with Gasteiger partial charge >= 0.3 is 0 Å². The van der Waals surface area contributed by atoms with E-state index in [0.717, 1.165) is 23.9 Å². The molecule has 1 aromatic carbocycles. The van der Waals surface area contributed by atoms with E-state index in [0.29, 0.717) is 12.4 Å². The molecule has 16 heavy (non-hydrogen) atoms. The molecule has 4 heteroatoms. The van der Waals surface area contributed by atoms with Gasteiger partial charge in [0.1, 0.15) is 0 Å². The maximum absolute atomic E-state index is 11.7. The van der Waals surface area contributed by atoms with Crippen LogP contribution in [0.2, 0.25) is 0 Å². The Hall–Kier alpha value is -1.84. The Balaban J connectivity index is 2.11. The molecule has 4 nitrogen and oxygen atoms in total. The van der Waals surface area contributed by atoms with Crippen LogP contribution in [0.1, 0.15) is 30.4 Å². The second kappa shape index (κ2) is 4.79. The average Bonchev–Trinajstić information content (AvgIpc) is 2.73. The number of H-pyrrole nitrogens is 1. The number of nitrogens with zero attached hydrogens (tertiary/aromatic N) is 1. The summed E-state index contributed by atoms with van der Waals surface area (Å²) in [5.74, 6) is 0.252. The van der Waals surface area contributed by atoms with E-state index in [9.17, 15) is 4.79 Å². The Morgan fingerprint density at radius 1 is 1.44 bits per heavy atom. The first kappa shape index (κ1) is 10.7. The highest BCUT2D eigenvalue weighted by atomic mass is 16.2. The third kappa shape index (κ3) is 2.21. The average molecular weight is 217 g/mol. The number of benzene rings is 1. The van der Waals surface area contributed by atoms with E-state index in [1.807, 2.05) is 24.3 Å². The molecule has 0 aliphatic rings. The number of carbonyl (C=O) groups excluding carboxylic acids is 1. The van der Waals surface area contributed by atoms with Crippen molar-refractivity contribution in [2.45, 2.75) is 19.8 Å². The molecule has 1 amide bonds. The molecule has 0 saturated heterocycles. The Morgan fingerprint density at radius 2 is 2.25 bits per heavy atom.